The second-order valence-corrected chi connectivity index (χ2v) is 5.06. The Morgan fingerprint density at radius 2 is 1.68 bits per heavy atom. The molecule has 0 spiro atoms. The quantitative estimate of drug-likeness (QED) is 0.786. The Kier molecular flexibility index (Phi) is 3.73. The largest absolute Gasteiger partial charge is 0.305 e. The van der Waals surface area contributed by atoms with Crippen molar-refractivity contribution in [1.29, 1.82) is 5.26 Å². The van der Waals surface area contributed by atoms with Crippen LogP contribution in [0.1, 0.15) is 5.56 Å². The Labute approximate surface area is 131 Å². The van der Waals surface area contributed by atoms with E-state index in [2.05, 4.69) is 9.97 Å². The fourth-order valence-corrected chi connectivity index (χ4v) is 2.25. The Bertz CT molecular complexity index is 909. The smallest absolute Gasteiger partial charge is 0.269 e. The molecule has 0 radical (unpaired) electrons. The van der Waals surface area contributed by atoms with Crippen LogP contribution < -0.4 is 5.56 Å². The van der Waals surface area contributed by atoms with Crippen LogP contribution in [-0.2, 0) is 0 Å². The lowest BCUT2D eigenvalue weighted by Gasteiger charge is -2.07. The molecule has 2 aromatic carbocycles. The van der Waals surface area contributed by atoms with Crippen molar-refractivity contribution in [3.8, 4) is 28.7 Å². The molecule has 0 aliphatic carbocycles. The van der Waals surface area contributed by atoms with Crippen LogP contribution in [0.3, 0.4) is 0 Å². The molecule has 0 unspecified atom stereocenters. The number of nitriles is 1. The predicted octanol–water partition coefficient (Wildman–Crippen LogP) is 3.63. The molecule has 0 aliphatic rings. The van der Waals surface area contributed by atoms with Crippen molar-refractivity contribution in [3.63, 3.8) is 0 Å². The minimum absolute atomic E-state index is 0.0120. The molecule has 0 aliphatic heterocycles. The van der Waals surface area contributed by atoms with Crippen LogP contribution in [0.15, 0.2) is 59.4 Å². The highest BCUT2D eigenvalue weighted by atomic mass is 35.5. The molecule has 106 valence electrons. The number of aromatic amines is 1. The van der Waals surface area contributed by atoms with Gasteiger partial charge in [0.1, 0.15) is 17.5 Å². The summed E-state index contributed by atoms with van der Waals surface area (Å²) in [6.45, 7) is 0. The molecule has 0 saturated carbocycles. The lowest BCUT2D eigenvalue weighted by molar-refractivity contribution is 1.11. The number of hydrogen-bond acceptors (Lipinski definition) is 3. The van der Waals surface area contributed by atoms with Gasteiger partial charge in [-0.25, -0.2) is 4.98 Å². The molecule has 1 aromatic heterocycles. The minimum atomic E-state index is -0.457. The predicted molar refractivity (Wildman–Crippen MR) is 85.5 cm³/mol. The zero-order valence-corrected chi connectivity index (χ0v) is 12.1. The summed E-state index contributed by atoms with van der Waals surface area (Å²) in [7, 11) is 0. The van der Waals surface area contributed by atoms with Crippen molar-refractivity contribution < 1.29 is 0 Å². The fraction of sp³-hybridized carbons (Fsp3) is 0. The van der Waals surface area contributed by atoms with E-state index in [4.69, 9.17) is 11.6 Å². The number of aromatic nitrogens is 2. The van der Waals surface area contributed by atoms with Gasteiger partial charge in [0.2, 0.25) is 0 Å². The first-order valence-electron chi connectivity index (χ1n) is 6.55. The van der Waals surface area contributed by atoms with Crippen LogP contribution in [0.5, 0.6) is 0 Å². The Balaban J connectivity index is 2.24. The average Bonchev–Trinajstić information content (AvgIpc) is 2.55. The lowest BCUT2D eigenvalue weighted by atomic mass is 10.1. The molecular weight excluding hydrogens is 298 g/mol. The van der Waals surface area contributed by atoms with Crippen LogP contribution >= 0.6 is 11.6 Å². The highest BCUT2D eigenvalue weighted by molar-refractivity contribution is 6.30. The average molecular weight is 308 g/mol. The molecule has 0 bridgehead atoms. The van der Waals surface area contributed by atoms with E-state index in [1.807, 2.05) is 36.4 Å². The summed E-state index contributed by atoms with van der Waals surface area (Å²) in [6.07, 6.45) is 0. The van der Waals surface area contributed by atoms with E-state index >= 15 is 0 Å². The molecule has 0 fully saturated rings. The monoisotopic (exact) mass is 307 g/mol. The van der Waals surface area contributed by atoms with E-state index in [1.54, 1.807) is 24.3 Å². The second-order valence-electron chi connectivity index (χ2n) is 4.62. The molecule has 22 heavy (non-hydrogen) atoms. The van der Waals surface area contributed by atoms with Crippen molar-refractivity contribution in [1.82, 2.24) is 9.97 Å². The zero-order chi connectivity index (χ0) is 15.5. The SMILES string of the molecule is N#Cc1c(-c2ccc(Cl)cc2)nc(-c2ccccc2)[nH]c1=O. The van der Waals surface area contributed by atoms with Gasteiger partial charge in [0.05, 0.1) is 5.69 Å². The van der Waals surface area contributed by atoms with Gasteiger partial charge in [-0.3, -0.25) is 4.79 Å². The van der Waals surface area contributed by atoms with Gasteiger partial charge < -0.3 is 4.98 Å². The van der Waals surface area contributed by atoms with Gasteiger partial charge in [0.15, 0.2) is 0 Å². The maximum absolute atomic E-state index is 12.2. The van der Waals surface area contributed by atoms with E-state index in [0.29, 0.717) is 22.1 Å². The fourth-order valence-electron chi connectivity index (χ4n) is 2.13. The number of halogens is 1. The van der Waals surface area contributed by atoms with Crippen LogP contribution in [0.25, 0.3) is 22.6 Å². The molecule has 1 N–H and O–H groups in total. The number of H-pyrrole nitrogens is 1. The van der Waals surface area contributed by atoms with Crippen molar-refractivity contribution >= 4 is 11.6 Å². The molecule has 1 heterocycles. The Hall–Kier alpha value is -2.90. The van der Waals surface area contributed by atoms with Gasteiger partial charge in [-0.15, -0.1) is 0 Å². The first kappa shape index (κ1) is 14.1. The van der Waals surface area contributed by atoms with Crippen LogP contribution in [0.4, 0.5) is 0 Å². The molecular formula is C17H10ClN3O. The molecule has 3 aromatic rings. The van der Waals surface area contributed by atoms with E-state index in [-0.39, 0.29) is 5.56 Å². The second kappa shape index (κ2) is 5.84. The van der Waals surface area contributed by atoms with E-state index in [0.717, 1.165) is 5.56 Å². The molecule has 5 heteroatoms. The summed E-state index contributed by atoms with van der Waals surface area (Å²) in [4.78, 5) is 19.3. The number of hydrogen-bond donors (Lipinski definition) is 1. The van der Waals surface area contributed by atoms with Crippen molar-refractivity contribution in [2.45, 2.75) is 0 Å². The maximum atomic E-state index is 12.2. The minimum Gasteiger partial charge on any atom is -0.305 e. The summed E-state index contributed by atoms with van der Waals surface area (Å²) in [6, 6.07) is 18.1. The van der Waals surface area contributed by atoms with Gasteiger partial charge in [-0.05, 0) is 12.1 Å². The van der Waals surface area contributed by atoms with E-state index < -0.39 is 5.56 Å². The third-order valence-electron chi connectivity index (χ3n) is 3.20. The van der Waals surface area contributed by atoms with Crippen molar-refractivity contribution in [3.05, 3.63) is 75.5 Å². The highest BCUT2D eigenvalue weighted by Crippen LogP contribution is 2.23. The maximum Gasteiger partial charge on any atom is 0.269 e. The third-order valence-corrected chi connectivity index (χ3v) is 3.45. The van der Waals surface area contributed by atoms with Crippen LogP contribution in [0.2, 0.25) is 5.02 Å². The topological polar surface area (TPSA) is 69.5 Å². The highest BCUT2D eigenvalue weighted by Gasteiger charge is 2.14. The Morgan fingerprint density at radius 1 is 1.00 bits per heavy atom. The van der Waals surface area contributed by atoms with E-state index in [1.165, 1.54) is 0 Å². The third kappa shape index (κ3) is 2.62. The number of nitrogens with one attached hydrogen (secondary N) is 1. The first-order valence-corrected chi connectivity index (χ1v) is 6.92. The van der Waals surface area contributed by atoms with Crippen molar-refractivity contribution in [2.24, 2.45) is 0 Å². The normalized spacial score (nSPS) is 10.2. The molecule has 4 nitrogen and oxygen atoms in total. The number of rotatable bonds is 2. The van der Waals surface area contributed by atoms with Gasteiger partial charge in [-0.2, -0.15) is 5.26 Å². The number of benzene rings is 2. The first-order chi connectivity index (χ1) is 10.7. The lowest BCUT2D eigenvalue weighted by Crippen LogP contribution is -2.15. The van der Waals surface area contributed by atoms with Gasteiger partial charge in [0.25, 0.3) is 5.56 Å². The van der Waals surface area contributed by atoms with Crippen LogP contribution in [-0.4, -0.2) is 9.97 Å². The molecule has 3 rings (SSSR count). The zero-order valence-electron chi connectivity index (χ0n) is 11.4. The number of nitrogens with zero attached hydrogens (tertiary/aromatic N) is 2. The Morgan fingerprint density at radius 3 is 2.32 bits per heavy atom. The molecule has 0 amide bonds. The summed E-state index contributed by atoms with van der Waals surface area (Å²) in [5.41, 5.74) is 1.33. The summed E-state index contributed by atoms with van der Waals surface area (Å²) in [5.74, 6) is 0.426. The van der Waals surface area contributed by atoms with Crippen molar-refractivity contribution in [2.75, 3.05) is 0 Å². The summed E-state index contributed by atoms with van der Waals surface area (Å²) in [5, 5.41) is 9.82. The van der Waals surface area contributed by atoms with E-state index in [9.17, 15) is 10.1 Å². The van der Waals surface area contributed by atoms with Gasteiger partial charge in [-0.1, -0.05) is 54.1 Å². The standard InChI is InChI=1S/C17H10ClN3O/c18-13-8-6-11(7-9-13)15-14(10-19)17(22)21-16(20-15)12-4-2-1-3-5-12/h1-9H,(H,20,21,22). The summed E-state index contributed by atoms with van der Waals surface area (Å²) >= 11 is 5.88. The van der Waals surface area contributed by atoms with Gasteiger partial charge >= 0.3 is 0 Å². The summed E-state index contributed by atoms with van der Waals surface area (Å²) < 4.78 is 0. The van der Waals surface area contributed by atoms with Crippen LogP contribution in [0, 0.1) is 11.3 Å². The van der Waals surface area contributed by atoms with Gasteiger partial charge in [0, 0.05) is 16.1 Å². The molecule has 0 atom stereocenters. The molecule has 0 saturated heterocycles.